The molecule has 0 spiro atoms. The smallest absolute Gasteiger partial charge is 0.338 e. The molecule has 118 valence electrons. The number of aromatic nitrogens is 1. The van der Waals surface area contributed by atoms with Gasteiger partial charge in [0, 0.05) is 17.6 Å². The van der Waals surface area contributed by atoms with Crippen LogP contribution < -0.4 is 16.3 Å². The van der Waals surface area contributed by atoms with Crippen molar-refractivity contribution in [1.29, 1.82) is 0 Å². The van der Waals surface area contributed by atoms with Gasteiger partial charge in [0.25, 0.3) is 0 Å². The summed E-state index contributed by atoms with van der Waals surface area (Å²) in [4.78, 5) is 20.0. The number of primary amides is 1. The average Bonchev–Trinajstić information content (AvgIpc) is 2.85. The predicted octanol–water partition coefficient (Wildman–Crippen LogP) is 0.832. The van der Waals surface area contributed by atoms with Crippen molar-refractivity contribution in [3.8, 4) is 0 Å². The summed E-state index contributed by atoms with van der Waals surface area (Å²) in [7, 11) is 0. The number of fused-ring (bicyclic) bond motifs is 1. The average molecular weight is 310 g/mol. The Bertz CT molecular complexity index is 850. The Hall–Kier alpha value is -2.73. The Morgan fingerprint density at radius 1 is 1.30 bits per heavy atom. The van der Waals surface area contributed by atoms with Gasteiger partial charge in [0.15, 0.2) is 0 Å². The zero-order valence-electron chi connectivity index (χ0n) is 12.8. The van der Waals surface area contributed by atoms with E-state index in [1.165, 1.54) is 0 Å². The minimum atomic E-state index is -0.868. The molecule has 0 saturated heterocycles. The highest BCUT2D eigenvalue weighted by molar-refractivity contribution is 5.74. The molecule has 1 aromatic heterocycles. The largest absolute Gasteiger partial charge is 0.350 e. The highest BCUT2D eigenvalue weighted by atomic mass is 16.5. The lowest BCUT2D eigenvalue weighted by Crippen LogP contribution is -2.37. The molecule has 0 bridgehead atoms. The minimum Gasteiger partial charge on any atom is -0.350 e. The third-order valence-electron chi connectivity index (χ3n) is 4.09. The molecule has 6 nitrogen and oxygen atoms in total. The van der Waals surface area contributed by atoms with Crippen molar-refractivity contribution >= 4 is 11.6 Å². The van der Waals surface area contributed by atoms with Gasteiger partial charge in [-0.2, -0.15) is 0 Å². The van der Waals surface area contributed by atoms with Crippen molar-refractivity contribution in [2.24, 2.45) is 10.7 Å². The van der Waals surface area contributed by atoms with Gasteiger partial charge in [-0.25, -0.2) is 9.86 Å². The van der Waals surface area contributed by atoms with Gasteiger partial charge in [0.2, 0.25) is 0 Å². The lowest BCUT2D eigenvalue weighted by molar-refractivity contribution is -0.0420. The molecule has 1 atom stereocenters. The number of carbonyl (C=O) groups is 1. The quantitative estimate of drug-likeness (QED) is 0.647. The Balaban J connectivity index is 2.07. The van der Waals surface area contributed by atoms with Crippen LogP contribution in [-0.4, -0.2) is 33.4 Å². The molecule has 0 saturated carbocycles. The molecule has 23 heavy (non-hydrogen) atoms. The second-order valence-corrected chi connectivity index (χ2v) is 5.73. The number of hydrogen-bond donors (Lipinski definition) is 2. The Labute approximate surface area is 133 Å². The number of benzene rings is 1. The SMILES string of the molecule is CC1(CCN(O)C(N)=O)N=c2ccccc2=C1c1cccnc1. The second-order valence-electron chi connectivity index (χ2n) is 5.73. The molecule has 2 amide bonds. The van der Waals surface area contributed by atoms with Crippen LogP contribution in [0.4, 0.5) is 4.79 Å². The molecule has 2 heterocycles. The first-order valence-electron chi connectivity index (χ1n) is 7.37. The fourth-order valence-electron chi connectivity index (χ4n) is 2.99. The van der Waals surface area contributed by atoms with Crippen LogP contribution in [0.5, 0.6) is 0 Å². The van der Waals surface area contributed by atoms with E-state index in [0.29, 0.717) is 11.5 Å². The fourth-order valence-corrected chi connectivity index (χ4v) is 2.99. The van der Waals surface area contributed by atoms with Crippen molar-refractivity contribution < 1.29 is 10.0 Å². The van der Waals surface area contributed by atoms with Crippen LogP contribution >= 0.6 is 0 Å². The van der Waals surface area contributed by atoms with Crippen LogP contribution in [0.25, 0.3) is 5.57 Å². The van der Waals surface area contributed by atoms with Crippen LogP contribution in [0.15, 0.2) is 53.8 Å². The third kappa shape index (κ3) is 2.80. The molecule has 0 aliphatic carbocycles. The van der Waals surface area contributed by atoms with Crippen molar-refractivity contribution in [3.63, 3.8) is 0 Å². The lowest BCUT2D eigenvalue weighted by Gasteiger charge is -2.27. The summed E-state index contributed by atoms with van der Waals surface area (Å²) in [5, 5.41) is 12.0. The lowest BCUT2D eigenvalue weighted by atomic mass is 9.85. The first-order valence-corrected chi connectivity index (χ1v) is 7.37. The van der Waals surface area contributed by atoms with Crippen LogP contribution in [0, 0.1) is 0 Å². The number of nitrogens with two attached hydrogens (primary N) is 1. The Morgan fingerprint density at radius 3 is 2.78 bits per heavy atom. The summed E-state index contributed by atoms with van der Waals surface area (Å²) in [6.07, 6.45) is 3.98. The summed E-state index contributed by atoms with van der Waals surface area (Å²) in [6.45, 7) is 2.09. The van der Waals surface area contributed by atoms with E-state index in [9.17, 15) is 10.0 Å². The second kappa shape index (κ2) is 5.81. The summed E-state index contributed by atoms with van der Waals surface area (Å²) in [5.74, 6) is 0. The maximum Gasteiger partial charge on any atom is 0.338 e. The van der Waals surface area contributed by atoms with E-state index < -0.39 is 11.6 Å². The molecule has 0 radical (unpaired) electrons. The van der Waals surface area contributed by atoms with Gasteiger partial charge in [-0.3, -0.25) is 15.2 Å². The molecule has 3 N–H and O–H groups in total. The van der Waals surface area contributed by atoms with Crippen LogP contribution in [-0.2, 0) is 0 Å². The van der Waals surface area contributed by atoms with Gasteiger partial charge in [0.05, 0.1) is 17.4 Å². The Kier molecular flexibility index (Phi) is 3.83. The summed E-state index contributed by atoms with van der Waals surface area (Å²) < 4.78 is 0. The van der Waals surface area contributed by atoms with Crippen LogP contribution in [0.2, 0.25) is 0 Å². The van der Waals surface area contributed by atoms with Gasteiger partial charge in [-0.1, -0.05) is 24.3 Å². The molecule has 1 aromatic carbocycles. The highest BCUT2D eigenvalue weighted by Crippen LogP contribution is 2.32. The van der Waals surface area contributed by atoms with Crippen molar-refractivity contribution in [3.05, 3.63) is 64.9 Å². The fraction of sp³-hybridized carbons (Fsp3) is 0.235. The first kappa shape index (κ1) is 15.2. The van der Waals surface area contributed by atoms with E-state index in [2.05, 4.69) is 4.98 Å². The number of hydroxylamine groups is 2. The molecule has 1 unspecified atom stereocenters. The number of hydrogen-bond acceptors (Lipinski definition) is 4. The normalized spacial score (nSPS) is 19.1. The zero-order valence-corrected chi connectivity index (χ0v) is 12.8. The van der Waals surface area contributed by atoms with Crippen molar-refractivity contribution in [1.82, 2.24) is 10.0 Å². The van der Waals surface area contributed by atoms with Crippen molar-refractivity contribution in [2.45, 2.75) is 18.9 Å². The number of nitrogens with zero attached hydrogens (tertiary/aromatic N) is 3. The molecule has 0 fully saturated rings. The monoisotopic (exact) mass is 310 g/mol. The molecular formula is C17H18N4O2. The minimum absolute atomic E-state index is 0.104. The standard InChI is InChI=1S/C17H18N4O2/c1-17(8-10-21(23)16(18)22)15(12-5-4-9-19-11-12)13-6-2-3-7-14(13)20-17/h2-7,9,11,23H,8,10H2,1H3,(H2,18,22). The summed E-state index contributed by atoms with van der Waals surface area (Å²) in [5.41, 5.74) is 6.54. The topological polar surface area (TPSA) is 91.8 Å². The number of urea groups is 1. The van der Waals surface area contributed by atoms with E-state index in [1.807, 2.05) is 43.3 Å². The van der Waals surface area contributed by atoms with Gasteiger partial charge >= 0.3 is 6.03 Å². The predicted molar refractivity (Wildman–Crippen MR) is 85.1 cm³/mol. The molecule has 3 rings (SSSR count). The van der Waals surface area contributed by atoms with E-state index in [4.69, 9.17) is 10.7 Å². The molecule has 1 aliphatic heterocycles. The number of para-hydroxylation sites is 1. The van der Waals surface area contributed by atoms with E-state index in [1.54, 1.807) is 12.4 Å². The van der Waals surface area contributed by atoms with Gasteiger partial charge in [0.1, 0.15) is 0 Å². The molecule has 1 aliphatic rings. The van der Waals surface area contributed by atoms with Gasteiger partial charge in [-0.05, 0) is 36.6 Å². The number of carbonyl (C=O) groups excluding carboxylic acids is 1. The van der Waals surface area contributed by atoms with Gasteiger partial charge < -0.3 is 5.73 Å². The third-order valence-corrected chi connectivity index (χ3v) is 4.09. The Morgan fingerprint density at radius 2 is 2.09 bits per heavy atom. The summed E-state index contributed by atoms with van der Waals surface area (Å²) in [6, 6.07) is 10.9. The van der Waals surface area contributed by atoms with Crippen molar-refractivity contribution in [2.75, 3.05) is 6.54 Å². The summed E-state index contributed by atoms with van der Waals surface area (Å²) >= 11 is 0. The van der Waals surface area contributed by atoms with Crippen LogP contribution in [0.3, 0.4) is 0 Å². The number of amides is 2. The first-order chi connectivity index (χ1) is 11.0. The van der Waals surface area contributed by atoms with E-state index in [-0.39, 0.29) is 6.54 Å². The maximum atomic E-state index is 11.0. The van der Waals surface area contributed by atoms with Crippen LogP contribution in [0.1, 0.15) is 18.9 Å². The number of rotatable bonds is 4. The van der Waals surface area contributed by atoms with E-state index in [0.717, 1.165) is 21.7 Å². The van der Waals surface area contributed by atoms with Gasteiger partial charge in [-0.15, -0.1) is 0 Å². The highest BCUT2D eigenvalue weighted by Gasteiger charge is 2.34. The zero-order chi connectivity index (χ0) is 16.4. The maximum absolute atomic E-state index is 11.0. The number of pyridine rings is 1. The van der Waals surface area contributed by atoms with E-state index >= 15 is 0 Å². The molecular weight excluding hydrogens is 292 g/mol. The molecule has 2 aromatic rings. The molecule has 6 heteroatoms.